The van der Waals surface area contributed by atoms with Gasteiger partial charge in [-0.25, -0.2) is 0 Å². The van der Waals surface area contributed by atoms with Gasteiger partial charge in [0.25, 0.3) is 0 Å². The van der Waals surface area contributed by atoms with Crippen LogP contribution in [-0.2, 0) is 4.79 Å². The van der Waals surface area contributed by atoms with Crippen molar-refractivity contribution in [2.75, 3.05) is 29.9 Å². The quantitative estimate of drug-likeness (QED) is 0.868. The lowest BCUT2D eigenvalue weighted by Gasteiger charge is -2.32. The van der Waals surface area contributed by atoms with Crippen molar-refractivity contribution < 1.29 is 9.53 Å². The number of hydrogen-bond donors (Lipinski definition) is 1. The van der Waals surface area contributed by atoms with Crippen molar-refractivity contribution >= 4 is 29.0 Å². The molecule has 0 bridgehead atoms. The van der Waals surface area contributed by atoms with Gasteiger partial charge in [-0.3, -0.25) is 4.79 Å². The fourth-order valence-corrected chi connectivity index (χ4v) is 2.97. The molecule has 1 saturated heterocycles. The predicted octanol–water partition coefficient (Wildman–Crippen LogP) is 2.89. The third-order valence-corrected chi connectivity index (χ3v) is 4.36. The zero-order valence-electron chi connectivity index (χ0n) is 14.1. The van der Waals surface area contributed by atoms with Crippen molar-refractivity contribution in [3.63, 3.8) is 0 Å². The van der Waals surface area contributed by atoms with Gasteiger partial charge in [-0.15, -0.1) is 10.2 Å². The number of rotatable bonds is 5. The molecule has 1 N–H and O–H groups in total. The number of benzene rings is 1. The van der Waals surface area contributed by atoms with Crippen LogP contribution in [0.1, 0.15) is 12.8 Å². The Labute approximate surface area is 156 Å². The van der Waals surface area contributed by atoms with Crippen molar-refractivity contribution in [3.8, 4) is 11.8 Å². The molecule has 7 nitrogen and oxygen atoms in total. The number of nitrogens with one attached hydrogen (secondary N) is 1. The summed E-state index contributed by atoms with van der Waals surface area (Å²) in [6, 6.07) is 12.4. The first-order chi connectivity index (χ1) is 12.7. The molecular weight excluding hydrogens is 354 g/mol. The van der Waals surface area contributed by atoms with Crippen LogP contribution in [0.25, 0.3) is 0 Å². The zero-order valence-corrected chi connectivity index (χ0v) is 14.8. The fourth-order valence-electron chi connectivity index (χ4n) is 2.87. The number of hydrogen-bond acceptors (Lipinski definition) is 6. The Morgan fingerprint density at radius 3 is 2.81 bits per heavy atom. The van der Waals surface area contributed by atoms with Gasteiger partial charge in [0.1, 0.15) is 11.8 Å². The van der Waals surface area contributed by atoms with E-state index in [2.05, 4.69) is 20.4 Å². The summed E-state index contributed by atoms with van der Waals surface area (Å²) < 4.78 is 5.20. The van der Waals surface area contributed by atoms with E-state index in [1.54, 1.807) is 30.3 Å². The number of anilines is 2. The summed E-state index contributed by atoms with van der Waals surface area (Å²) in [7, 11) is 0. The normalized spacial score (nSPS) is 16.6. The van der Waals surface area contributed by atoms with Gasteiger partial charge in [-0.2, -0.15) is 5.26 Å². The summed E-state index contributed by atoms with van der Waals surface area (Å²) >= 11 is 5.78. The van der Waals surface area contributed by atoms with E-state index in [-0.39, 0.29) is 18.4 Å². The van der Waals surface area contributed by atoms with E-state index in [0.717, 1.165) is 25.2 Å². The molecule has 0 aliphatic carbocycles. The number of carbonyl (C=O) groups is 1. The number of ether oxygens (including phenoxy) is 1. The van der Waals surface area contributed by atoms with Crippen molar-refractivity contribution in [3.05, 3.63) is 41.6 Å². The lowest BCUT2D eigenvalue weighted by Crippen LogP contribution is -2.41. The molecule has 2 aromatic rings. The molecule has 0 radical (unpaired) electrons. The summed E-state index contributed by atoms with van der Waals surface area (Å²) in [4.78, 5) is 14.6. The molecule has 1 aliphatic heterocycles. The predicted molar refractivity (Wildman–Crippen MR) is 98.2 cm³/mol. The molecule has 0 saturated carbocycles. The Hall–Kier alpha value is -2.85. The standard InChI is InChI=1S/C18H18ClN5O2/c19-16-7-8-17(23-22-16)24-10-1-2-13(12-24)18(25)21-14-3-5-15(6-4-14)26-11-9-20/h3-8,13H,1-2,10-12H2,(H,21,25)/t13-/m0/s1. The van der Waals surface area contributed by atoms with Crippen LogP contribution in [0.3, 0.4) is 0 Å². The maximum atomic E-state index is 12.6. The van der Waals surface area contributed by atoms with Crippen LogP contribution in [0, 0.1) is 17.2 Å². The molecule has 134 valence electrons. The Bertz CT molecular complexity index is 789. The molecule has 2 heterocycles. The minimum atomic E-state index is -0.129. The average Bonchev–Trinajstić information content (AvgIpc) is 2.68. The van der Waals surface area contributed by atoms with E-state index in [1.165, 1.54) is 0 Å². The first-order valence-electron chi connectivity index (χ1n) is 8.30. The first-order valence-corrected chi connectivity index (χ1v) is 8.68. The number of amides is 1. The van der Waals surface area contributed by atoms with Crippen molar-refractivity contribution in [2.45, 2.75) is 12.8 Å². The van der Waals surface area contributed by atoms with Gasteiger partial charge in [-0.05, 0) is 49.2 Å². The van der Waals surface area contributed by atoms with E-state index in [1.807, 2.05) is 12.1 Å². The van der Waals surface area contributed by atoms with Crippen LogP contribution >= 0.6 is 11.6 Å². The number of nitriles is 1. The molecule has 0 unspecified atom stereocenters. The number of carbonyl (C=O) groups excluding carboxylic acids is 1. The van der Waals surface area contributed by atoms with Crippen LogP contribution in [-0.4, -0.2) is 35.8 Å². The number of halogens is 1. The molecule has 1 amide bonds. The second-order valence-electron chi connectivity index (χ2n) is 5.96. The lowest BCUT2D eigenvalue weighted by molar-refractivity contribution is -0.120. The third kappa shape index (κ3) is 4.61. The van der Waals surface area contributed by atoms with E-state index < -0.39 is 0 Å². The SMILES string of the molecule is N#CCOc1ccc(NC(=O)[C@H]2CCCN(c3ccc(Cl)nn3)C2)cc1. The first kappa shape index (κ1) is 18.0. The molecule has 8 heteroatoms. The summed E-state index contributed by atoms with van der Waals surface area (Å²) in [5, 5.41) is 19.7. The third-order valence-electron chi connectivity index (χ3n) is 4.16. The van der Waals surface area contributed by atoms with Crippen LogP contribution in [0.4, 0.5) is 11.5 Å². The van der Waals surface area contributed by atoms with Gasteiger partial charge >= 0.3 is 0 Å². The molecule has 1 aromatic heterocycles. The van der Waals surface area contributed by atoms with Crippen molar-refractivity contribution in [1.82, 2.24) is 10.2 Å². The summed E-state index contributed by atoms with van der Waals surface area (Å²) in [6.45, 7) is 1.42. The zero-order chi connectivity index (χ0) is 18.4. The van der Waals surface area contributed by atoms with Gasteiger partial charge in [0.05, 0.1) is 5.92 Å². The largest absolute Gasteiger partial charge is 0.479 e. The number of aromatic nitrogens is 2. The monoisotopic (exact) mass is 371 g/mol. The fraction of sp³-hybridized carbons (Fsp3) is 0.333. The lowest BCUT2D eigenvalue weighted by atomic mass is 9.97. The topological polar surface area (TPSA) is 91.1 Å². The van der Waals surface area contributed by atoms with Gasteiger partial charge in [0.15, 0.2) is 17.6 Å². The minimum absolute atomic E-state index is 0.00277. The van der Waals surface area contributed by atoms with Crippen LogP contribution in [0.5, 0.6) is 5.75 Å². The summed E-state index contributed by atoms with van der Waals surface area (Å²) in [5.41, 5.74) is 0.697. The van der Waals surface area contributed by atoms with E-state index in [4.69, 9.17) is 21.6 Å². The molecule has 1 aliphatic rings. The van der Waals surface area contributed by atoms with Crippen molar-refractivity contribution in [2.24, 2.45) is 5.92 Å². The highest BCUT2D eigenvalue weighted by Crippen LogP contribution is 2.23. The molecule has 3 rings (SSSR count). The highest BCUT2D eigenvalue weighted by atomic mass is 35.5. The Kier molecular flexibility index (Phi) is 5.87. The second kappa shape index (κ2) is 8.50. The van der Waals surface area contributed by atoms with Gasteiger partial charge in [-0.1, -0.05) is 11.6 Å². The van der Waals surface area contributed by atoms with Crippen LogP contribution in [0.15, 0.2) is 36.4 Å². The number of nitrogens with zero attached hydrogens (tertiary/aromatic N) is 4. The van der Waals surface area contributed by atoms with Crippen LogP contribution in [0.2, 0.25) is 5.15 Å². The summed E-state index contributed by atoms with van der Waals surface area (Å²) in [6.07, 6.45) is 1.73. The minimum Gasteiger partial charge on any atom is -0.479 e. The van der Waals surface area contributed by atoms with Gasteiger partial charge in [0.2, 0.25) is 5.91 Å². The Morgan fingerprint density at radius 2 is 2.12 bits per heavy atom. The van der Waals surface area contributed by atoms with Crippen molar-refractivity contribution in [1.29, 1.82) is 5.26 Å². The number of piperidine rings is 1. The molecule has 1 atom stereocenters. The second-order valence-corrected chi connectivity index (χ2v) is 6.35. The molecule has 1 fully saturated rings. The maximum Gasteiger partial charge on any atom is 0.229 e. The van der Waals surface area contributed by atoms with Gasteiger partial charge in [0, 0.05) is 18.8 Å². The Balaban J connectivity index is 1.58. The van der Waals surface area contributed by atoms with Gasteiger partial charge < -0.3 is 15.0 Å². The molecule has 1 aromatic carbocycles. The molecular formula is C18H18ClN5O2. The van der Waals surface area contributed by atoms with E-state index in [0.29, 0.717) is 23.1 Å². The van der Waals surface area contributed by atoms with E-state index >= 15 is 0 Å². The average molecular weight is 372 g/mol. The smallest absolute Gasteiger partial charge is 0.229 e. The highest BCUT2D eigenvalue weighted by Gasteiger charge is 2.26. The molecule has 0 spiro atoms. The highest BCUT2D eigenvalue weighted by molar-refractivity contribution is 6.29. The maximum absolute atomic E-state index is 12.6. The summed E-state index contributed by atoms with van der Waals surface area (Å²) in [5.74, 6) is 1.17. The van der Waals surface area contributed by atoms with E-state index in [9.17, 15) is 4.79 Å². The molecule has 26 heavy (non-hydrogen) atoms. The Morgan fingerprint density at radius 1 is 1.31 bits per heavy atom. The van der Waals surface area contributed by atoms with Crippen LogP contribution < -0.4 is 15.0 Å².